The molecular weight excluding hydrogens is 318 g/mol. The molecule has 0 fully saturated rings. The molecule has 6 nitrogen and oxygen atoms in total. The highest BCUT2D eigenvalue weighted by molar-refractivity contribution is 6.04. The van der Waals surface area contributed by atoms with E-state index in [-0.39, 0.29) is 11.6 Å². The number of nitro benzene ring substituents is 1. The fourth-order valence-electron chi connectivity index (χ4n) is 2.43. The first-order chi connectivity index (χ1) is 12.1. The minimum Gasteiger partial charge on any atom is -0.322 e. The number of hydrogen-bond acceptors (Lipinski definition) is 4. The van der Waals surface area contributed by atoms with Crippen LogP contribution < -0.4 is 5.32 Å². The highest BCUT2D eigenvalue weighted by atomic mass is 16.6. The summed E-state index contributed by atoms with van der Waals surface area (Å²) >= 11 is 0. The predicted molar refractivity (Wildman–Crippen MR) is 94.5 cm³/mol. The molecule has 0 radical (unpaired) electrons. The highest BCUT2D eigenvalue weighted by Crippen LogP contribution is 2.17. The Morgan fingerprint density at radius 3 is 2.40 bits per heavy atom. The molecule has 6 heteroatoms. The zero-order valence-electron chi connectivity index (χ0n) is 13.3. The number of nitrogens with one attached hydrogen (secondary N) is 1. The van der Waals surface area contributed by atoms with Crippen molar-refractivity contribution in [1.29, 1.82) is 0 Å². The molecule has 0 aliphatic carbocycles. The van der Waals surface area contributed by atoms with Gasteiger partial charge in [0.15, 0.2) is 0 Å². The van der Waals surface area contributed by atoms with Crippen LogP contribution in [0, 0.1) is 10.1 Å². The second-order valence-electron chi connectivity index (χ2n) is 5.49. The molecule has 0 saturated heterocycles. The number of nitrogens with zero attached hydrogens (tertiary/aromatic N) is 2. The molecule has 0 spiro atoms. The normalized spacial score (nSPS) is 10.2. The third-order valence-corrected chi connectivity index (χ3v) is 3.68. The summed E-state index contributed by atoms with van der Waals surface area (Å²) in [6.45, 7) is 0. The summed E-state index contributed by atoms with van der Waals surface area (Å²) in [6.07, 6.45) is 4.18. The lowest BCUT2D eigenvalue weighted by Gasteiger charge is -2.07. The fraction of sp³-hybridized carbons (Fsp3) is 0.0526. The zero-order valence-corrected chi connectivity index (χ0v) is 13.3. The first-order valence-electron chi connectivity index (χ1n) is 7.65. The van der Waals surface area contributed by atoms with Crippen LogP contribution in [0.15, 0.2) is 73.1 Å². The number of non-ortho nitro benzene ring substituents is 1. The van der Waals surface area contributed by atoms with Gasteiger partial charge in [0.05, 0.1) is 4.92 Å². The summed E-state index contributed by atoms with van der Waals surface area (Å²) in [5.74, 6) is -0.259. The Labute approximate surface area is 144 Å². The average Bonchev–Trinajstić information content (AvgIpc) is 2.63. The van der Waals surface area contributed by atoms with Crippen molar-refractivity contribution in [2.24, 2.45) is 0 Å². The molecule has 1 aromatic heterocycles. The van der Waals surface area contributed by atoms with Crippen LogP contribution in [0.3, 0.4) is 0 Å². The van der Waals surface area contributed by atoms with Crippen molar-refractivity contribution in [2.45, 2.75) is 6.42 Å². The number of pyridine rings is 1. The first-order valence-corrected chi connectivity index (χ1v) is 7.65. The number of rotatable bonds is 5. The monoisotopic (exact) mass is 333 g/mol. The minimum absolute atomic E-state index is 0.0163. The summed E-state index contributed by atoms with van der Waals surface area (Å²) in [7, 11) is 0. The molecule has 1 N–H and O–H groups in total. The molecule has 1 heterocycles. The summed E-state index contributed by atoms with van der Waals surface area (Å²) in [4.78, 5) is 26.6. The third kappa shape index (κ3) is 4.26. The van der Waals surface area contributed by atoms with Crippen molar-refractivity contribution in [3.8, 4) is 0 Å². The van der Waals surface area contributed by atoms with E-state index in [0.717, 1.165) is 11.1 Å². The largest absolute Gasteiger partial charge is 0.322 e. The molecule has 0 saturated carbocycles. The molecule has 0 bridgehead atoms. The van der Waals surface area contributed by atoms with Gasteiger partial charge in [0.2, 0.25) is 0 Å². The van der Waals surface area contributed by atoms with Gasteiger partial charge in [0, 0.05) is 35.8 Å². The van der Waals surface area contributed by atoms with Gasteiger partial charge in [0.1, 0.15) is 0 Å². The number of nitro groups is 1. The van der Waals surface area contributed by atoms with E-state index in [1.54, 1.807) is 18.5 Å². The number of amides is 1. The van der Waals surface area contributed by atoms with Gasteiger partial charge in [-0.05, 0) is 53.9 Å². The van der Waals surface area contributed by atoms with Crippen molar-refractivity contribution in [3.63, 3.8) is 0 Å². The van der Waals surface area contributed by atoms with Crippen molar-refractivity contribution in [2.75, 3.05) is 5.32 Å². The van der Waals surface area contributed by atoms with Crippen molar-refractivity contribution in [1.82, 2.24) is 4.98 Å². The van der Waals surface area contributed by atoms with Gasteiger partial charge in [0.25, 0.3) is 11.6 Å². The molecule has 3 rings (SSSR count). The Morgan fingerprint density at radius 2 is 1.72 bits per heavy atom. The maximum Gasteiger partial charge on any atom is 0.269 e. The van der Waals surface area contributed by atoms with Crippen molar-refractivity contribution >= 4 is 17.3 Å². The van der Waals surface area contributed by atoms with Crippen LogP contribution in [-0.4, -0.2) is 15.8 Å². The van der Waals surface area contributed by atoms with E-state index in [1.807, 2.05) is 30.3 Å². The number of carbonyl (C=O) groups is 1. The molecule has 1 amide bonds. The molecule has 0 unspecified atom stereocenters. The second-order valence-corrected chi connectivity index (χ2v) is 5.49. The molecule has 0 aliphatic heterocycles. The lowest BCUT2D eigenvalue weighted by molar-refractivity contribution is -0.384. The van der Waals surface area contributed by atoms with Crippen molar-refractivity contribution < 1.29 is 9.72 Å². The van der Waals surface area contributed by atoms with Crippen LogP contribution in [0.2, 0.25) is 0 Å². The second kappa shape index (κ2) is 7.35. The molecule has 2 aromatic carbocycles. The number of carbonyl (C=O) groups excluding carboxylic acids is 1. The Kier molecular flexibility index (Phi) is 4.80. The van der Waals surface area contributed by atoms with Crippen LogP contribution in [0.25, 0.3) is 0 Å². The highest BCUT2D eigenvalue weighted by Gasteiger charge is 2.09. The van der Waals surface area contributed by atoms with Gasteiger partial charge in [-0.3, -0.25) is 19.9 Å². The zero-order chi connectivity index (χ0) is 17.6. The Balaban J connectivity index is 1.71. The first kappa shape index (κ1) is 16.3. The fourth-order valence-corrected chi connectivity index (χ4v) is 2.43. The van der Waals surface area contributed by atoms with Crippen LogP contribution in [0.4, 0.5) is 11.4 Å². The van der Waals surface area contributed by atoms with Crippen LogP contribution in [-0.2, 0) is 6.42 Å². The standard InChI is InChI=1S/C19H15N3O3/c23-19(21-17-4-6-18(7-5-17)22(24)25)16-3-1-2-15(13-16)12-14-8-10-20-11-9-14/h1-11,13H,12H2,(H,21,23). The molecule has 124 valence electrons. The SMILES string of the molecule is O=C(Nc1ccc([N+](=O)[O-])cc1)c1cccc(Cc2ccncc2)c1. The average molecular weight is 333 g/mol. The van der Waals surface area contributed by atoms with Gasteiger partial charge in [-0.2, -0.15) is 0 Å². The maximum absolute atomic E-state index is 12.4. The number of hydrogen-bond donors (Lipinski definition) is 1. The van der Waals surface area contributed by atoms with E-state index in [0.29, 0.717) is 17.7 Å². The van der Waals surface area contributed by atoms with Crippen molar-refractivity contribution in [3.05, 3.63) is 99.9 Å². The summed E-state index contributed by atoms with van der Waals surface area (Å²) in [5, 5.41) is 13.4. The predicted octanol–water partition coefficient (Wildman–Crippen LogP) is 3.83. The van der Waals surface area contributed by atoms with Gasteiger partial charge in [-0.25, -0.2) is 0 Å². The van der Waals surface area contributed by atoms with Gasteiger partial charge in [-0.1, -0.05) is 12.1 Å². The van der Waals surface area contributed by atoms with E-state index < -0.39 is 4.92 Å². The van der Waals surface area contributed by atoms with Gasteiger partial charge >= 0.3 is 0 Å². The smallest absolute Gasteiger partial charge is 0.269 e. The number of aromatic nitrogens is 1. The summed E-state index contributed by atoms with van der Waals surface area (Å²) in [6, 6.07) is 17.0. The van der Waals surface area contributed by atoms with Crippen LogP contribution in [0.5, 0.6) is 0 Å². The Hall–Kier alpha value is -3.54. The lowest BCUT2D eigenvalue weighted by Crippen LogP contribution is -2.12. The van der Waals surface area contributed by atoms with Crippen LogP contribution >= 0.6 is 0 Å². The van der Waals surface area contributed by atoms with E-state index in [9.17, 15) is 14.9 Å². The molecule has 25 heavy (non-hydrogen) atoms. The minimum atomic E-state index is -0.478. The number of benzene rings is 2. The van der Waals surface area contributed by atoms with E-state index in [4.69, 9.17) is 0 Å². The Bertz CT molecular complexity index is 893. The van der Waals surface area contributed by atoms with Crippen LogP contribution in [0.1, 0.15) is 21.5 Å². The van der Waals surface area contributed by atoms with E-state index in [2.05, 4.69) is 10.3 Å². The molecule has 0 atom stereocenters. The summed E-state index contributed by atoms with van der Waals surface area (Å²) in [5.41, 5.74) is 3.16. The van der Waals surface area contributed by atoms with Gasteiger partial charge in [-0.15, -0.1) is 0 Å². The molecule has 3 aromatic rings. The van der Waals surface area contributed by atoms with E-state index >= 15 is 0 Å². The number of anilines is 1. The topological polar surface area (TPSA) is 85.1 Å². The van der Waals surface area contributed by atoms with Gasteiger partial charge < -0.3 is 5.32 Å². The molecular formula is C19H15N3O3. The third-order valence-electron chi connectivity index (χ3n) is 3.68. The maximum atomic E-state index is 12.4. The Morgan fingerprint density at radius 1 is 1.00 bits per heavy atom. The summed E-state index contributed by atoms with van der Waals surface area (Å²) < 4.78 is 0. The quantitative estimate of drug-likeness (QED) is 0.568. The lowest BCUT2D eigenvalue weighted by atomic mass is 10.0. The molecule has 0 aliphatic rings. The van der Waals surface area contributed by atoms with E-state index in [1.165, 1.54) is 24.3 Å².